The van der Waals surface area contributed by atoms with Gasteiger partial charge in [0.2, 0.25) is 0 Å². The second-order valence-corrected chi connectivity index (χ2v) is 4.43. The molecule has 96 valence electrons. The number of nitrogens with two attached hydrogens (primary N) is 1. The van der Waals surface area contributed by atoms with Crippen LogP contribution in [0.15, 0.2) is 36.7 Å². The lowest BCUT2D eigenvalue weighted by Gasteiger charge is -2.12. The highest BCUT2D eigenvalue weighted by Gasteiger charge is 2.04. The van der Waals surface area contributed by atoms with E-state index in [2.05, 4.69) is 11.2 Å². The summed E-state index contributed by atoms with van der Waals surface area (Å²) < 4.78 is 7.60. The van der Waals surface area contributed by atoms with Gasteiger partial charge >= 0.3 is 0 Å². The van der Waals surface area contributed by atoms with Gasteiger partial charge in [0.15, 0.2) is 0 Å². The first-order valence-corrected chi connectivity index (χ1v) is 6.13. The Morgan fingerprint density at radius 3 is 2.89 bits per heavy atom. The molecule has 0 saturated carbocycles. The average molecular weight is 245 g/mol. The fraction of sp³-hybridized carbons (Fsp3) is 0.357. The largest absolute Gasteiger partial charge is 0.491 e. The van der Waals surface area contributed by atoms with E-state index >= 15 is 0 Å². The summed E-state index contributed by atoms with van der Waals surface area (Å²) in [6.07, 6.45) is 3.69. The molecule has 1 atom stereocenters. The van der Waals surface area contributed by atoms with Gasteiger partial charge < -0.3 is 10.5 Å². The second-order valence-electron chi connectivity index (χ2n) is 4.43. The predicted molar refractivity (Wildman–Crippen MR) is 71.5 cm³/mol. The third-order valence-electron chi connectivity index (χ3n) is 2.86. The van der Waals surface area contributed by atoms with E-state index in [0.29, 0.717) is 6.61 Å². The second kappa shape index (κ2) is 5.69. The summed E-state index contributed by atoms with van der Waals surface area (Å²) in [5, 5.41) is 4.13. The van der Waals surface area contributed by atoms with Crippen LogP contribution in [0.1, 0.15) is 24.1 Å². The Hall–Kier alpha value is -1.81. The molecule has 2 N–H and O–H groups in total. The summed E-state index contributed by atoms with van der Waals surface area (Å²) in [7, 11) is 0. The number of hydrogen-bond acceptors (Lipinski definition) is 3. The summed E-state index contributed by atoms with van der Waals surface area (Å²) in [6, 6.07) is 8.04. The Labute approximate surface area is 107 Å². The van der Waals surface area contributed by atoms with Gasteiger partial charge in [0.25, 0.3) is 0 Å². The number of ether oxygens (including phenoxy) is 1. The first-order chi connectivity index (χ1) is 8.66. The van der Waals surface area contributed by atoms with Crippen molar-refractivity contribution in [2.45, 2.75) is 26.4 Å². The van der Waals surface area contributed by atoms with Gasteiger partial charge in [-0.1, -0.05) is 12.1 Å². The lowest BCUT2D eigenvalue weighted by Crippen LogP contribution is -2.09. The number of nitrogens with zero attached hydrogens (tertiary/aromatic N) is 2. The molecule has 1 aromatic carbocycles. The molecule has 0 fully saturated rings. The van der Waals surface area contributed by atoms with Crippen LogP contribution in [-0.2, 0) is 6.54 Å². The maximum absolute atomic E-state index is 5.84. The van der Waals surface area contributed by atoms with E-state index in [-0.39, 0.29) is 6.04 Å². The summed E-state index contributed by atoms with van der Waals surface area (Å²) in [5.41, 5.74) is 8.09. The molecule has 1 heterocycles. The zero-order chi connectivity index (χ0) is 13.0. The topological polar surface area (TPSA) is 53.1 Å². The standard InChI is InChI=1S/C14H19N3O/c1-11-10-13(12(2)15)4-5-14(11)18-9-8-17-7-3-6-16-17/h3-7,10,12H,8-9,15H2,1-2H3/t12-/m1/s1. The Balaban J connectivity index is 1.93. The molecule has 1 aromatic heterocycles. The first-order valence-electron chi connectivity index (χ1n) is 6.13. The number of hydrogen-bond donors (Lipinski definition) is 1. The third kappa shape index (κ3) is 3.11. The van der Waals surface area contributed by atoms with E-state index in [0.717, 1.165) is 23.4 Å². The summed E-state index contributed by atoms with van der Waals surface area (Å²) >= 11 is 0. The normalized spacial score (nSPS) is 12.4. The molecule has 18 heavy (non-hydrogen) atoms. The Morgan fingerprint density at radius 1 is 1.44 bits per heavy atom. The SMILES string of the molecule is Cc1cc([C@@H](C)N)ccc1OCCn1cccn1. The summed E-state index contributed by atoms with van der Waals surface area (Å²) in [4.78, 5) is 0. The molecule has 2 rings (SSSR count). The lowest BCUT2D eigenvalue weighted by molar-refractivity contribution is 0.289. The van der Waals surface area contributed by atoms with E-state index in [1.807, 2.05) is 42.9 Å². The molecule has 2 aromatic rings. The number of rotatable bonds is 5. The molecular formula is C14H19N3O. The molecule has 0 bridgehead atoms. The van der Waals surface area contributed by atoms with Gasteiger partial charge in [-0.25, -0.2) is 0 Å². The van der Waals surface area contributed by atoms with Gasteiger partial charge in [0.1, 0.15) is 12.4 Å². The van der Waals surface area contributed by atoms with Crippen molar-refractivity contribution in [1.82, 2.24) is 9.78 Å². The minimum atomic E-state index is 0.0572. The Kier molecular flexibility index (Phi) is 3.99. The zero-order valence-corrected chi connectivity index (χ0v) is 10.8. The van der Waals surface area contributed by atoms with Crippen LogP contribution in [0, 0.1) is 6.92 Å². The van der Waals surface area contributed by atoms with Crippen LogP contribution in [0.5, 0.6) is 5.75 Å². The highest BCUT2D eigenvalue weighted by Crippen LogP contribution is 2.21. The van der Waals surface area contributed by atoms with Gasteiger partial charge in [-0.05, 0) is 37.1 Å². The average Bonchev–Trinajstić information content (AvgIpc) is 2.84. The summed E-state index contributed by atoms with van der Waals surface area (Å²) in [5.74, 6) is 0.909. The summed E-state index contributed by atoms with van der Waals surface area (Å²) in [6.45, 7) is 5.38. The van der Waals surface area contributed by atoms with Crippen LogP contribution >= 0.6 is 0 Å². The molecule has 0 aliphatic rings. The van der Waals surface area contributed by atoms with Gasteiger partial charge in [-0.2, -0.15) is 5.10 Å². The fourth-order valence-electron chi connectivity index (χ4n) is 1.80. The highest BCUT2D eigenvalue weighted by atomic mass is 16.5. The van der Waals surface area contributed by atoms with Crippen molar-refractivity contribution in [2.24, 2.45) is 5.73 Å². The number of benzene rings is 1. The lowest BCUT2D eigenvalue weighted by atomic mass is 10.1. The Morgan fingerprint density at radius 2 is 2.28 bits per heavy atom. The van der Waals surface area contributed by atoms with Crippen molar-refractivity contribution in [3.05, 3.63) is 47.8 Å². The minimum Gasteiger partial charge on any atom is -0.491 e. The molecule has 0 saturated heterocycles. The molecular weight excluding hydrogens is 226 g/mol. The molecule has 0 radical (unpaired) electrons. The maximum atomic E-state index is 5.84. The van der Waals surface area contributed by atoms with Gasteiger partial charge in [-0.15, -0.1) is 0 Å². The highest BCUT2D eigenvalue weighted by molar-refractivity contribution is 5.37. The fourth-order valence-corrected chi connectivity index (χ4v) is 1.80. The van der Waals surface area contributed by atoms with Crippen molar-refractivity contribution < 1.29 is 4.74 Å². The Bertz CT molecular complexity index is 492. The number of aromatic nitrogens is 2. The molecule has 0 unspecified atom stereocenters. The monoisotopic (exact) mass is 245 g/mol. The molecule has 0 aliphatic heterocycles. The molecule has 4 heteroatoms. The molecule has 0 amide bonds. The van der Waals surface area contributed by atoms with Crippen LogP contribution < -0.4 is 10.5 Å². The van der Waals surface area contributed by atoms with E-state index < -0.39 is 0 Å². The van der Waals surface area contributed by atoms with E-state index in [1.165, 1.54) is 0 Å². The van der Waals surface area contributed by atoms with E-state index in [4.69, 9.17) is 10.5 Å². The van der Waals surface area contributed by atoms with Crippen LogP contribution in [0.3, 0.4) is 0 Å². The van der Waals surface area contributed by atoms with Gasteiger partial charge in [0.05, 0.1) is 6.54 Å². The van der Waals surface area contributed by atoms with E-state index in [1.54, 1.807) is 6.20 Å². The van der Waals surface area contributed by atoms with Crippen molar-refractivity contribution in [3.8, 4) is 5.75 Å². The van der Waals surface area contributed by atoms with Gasteiger partial charge in [0, 0.05) is 18.4 Å². The van der Waals surface area contributed by atoms with Crippen LogP contribution in [-0.4, -0.2) is 16.4 Å². The molecule has 0 spiro atoms. The van der Waals surface area contributed by atoms with Crippen molar-refractivity contribution >= 4 is 0 Å². The van der Waals surface area contributed by atoms with Crippen molar-refractivity contribution in [2.75, 3.05) is 6.61 Å². The molecule has 0 aliphatic carbocycles. The van der Waals surface area contributed by atoms with Crippen LogP contribution in [0.2, 0.25) is 0 Å². The molecule has 4 nitrogen and oxygen atoms in total. The quantitative estimate of drug-likeness (QED) is 0.879. The van der Waals surface area contributed by atoms with Crippen molar-refractivity contribution in [1.29, 1.82) is 0 Å². The predicted octanol–water partition coefficient (Wildman–Crippen LogP) is 2.29. The minimum absolute atomic E-state index is 0.0572. The number of aryl methyl sites for hydroxylation is 1. The smallest absolute Gasteiger partial charge is 0.122 e. The maximum Gasteiger partial charge on any atom is 0.122 e. The van der Waals surface area contributed by atoms with E-state index in [9.17, 15) is 0 Å². The van der Waals surface area contributed by atoms with Crippen molar-refractivity contribution in [3.63, 3.8) is 0 Å². The van der Waals surface area contributed by atoms with Crippen LogP contribution in [0.25, 0.3) is 0 Å². The first kappa shape index (κ1) is 12.6. The zero-order valence-electron chi connectivity index (χ0n) is 10.8. The van der Waals surface area contributed by atoms with Crippen LogP contribution in [0.4, 0.5) is 0 Å². The third-order valence-corrected chi connectivity index (χ3v) is 2.86. The van der Waals surface area contributed by atoms with Gasteiger partial charge in [-0.3, -0.25) is 4.68 Å².